The van der Waals surface area contributed by atoms with Crippen molar-refractivity contribution in [2.24, 2.45) is 0 Å². The number of ether oxygens (including phenoxy) is 1. The smallest absolute Gasteiger partial charge is 0.0542 e. The van der Waals surface area contributed by atoms with Gasteiger partial charge in [-0.05, 0) is 12.5 Å². The molecular weight excluding hydrogens is 184 g/mol. The summed E-state index contributed by atoms with van der Waals surface area (Å²) in [5, 5.41) is 0. The number of rotatable bonds is 4. The third-order valence-electron chi connectivity index (χ3n) is 2.07. The predicted octanol–water partition coefficient (Wildman–Crippen LogP) is 2.96. The van der Waals surface area contributed by atoms with Crippen molar-refractivity contribution in [3.05, 3.63) is 35.4 Å². The van der Waals surface area contributed by atoms with Gasteiger partial charge in [0, 0.05) is 18.9 Å². The molecule has 0 saturated heterocycles. The van der Waals surface area contributed by atoms with Gasteiger partial charge in [-0.2, -0.15) is 0 Å². The van der Waals surface area contributed by atoms with Gasteiger partial charge in [0.25, 0.3) is 0 Å². The number of alkyl halides is 1. The molecule has 0 spiro atoms. The van der Waals surface area contributed by atoms with Gasteiger partial charge in [0.15, 0.2) is 0 Å². The lowest BCUT2D eigenvalue weighted by Crippen LogP contribution is -2.07. The number of hydrogen-bond donors (Lipinski definition) is 0. The maximum absolute atomic E-state index is 5.85. The molecule has 0 saturated carbocycles. The van der Waals surface area contributed by atoms with Crippen molar-refractivity contribution >= 4 is 11.6 Å². The molecule has 1 rings (SSSR count). The molecule has 0 aliphatic carbocycles. The summed E-state index contributed by atoms with van der Waals surface area (Å²) in [7, 11) is 1.70. The van der Waals surface area contributed by atoms with Crippen LogP contribution in [0.3, 0.4) is 0 Å². The first-order valence-electron chi connectivity index (χ1n) is 4.39. The van der Waals surface area contributed by atoms with Crippen LogP contribution in [0.2, 0.25) is 0 Å². The van der Waals surface area contributed by atoms with Crippen LogP contribution in [0.5, 0.6) is 0 Å². The highest BCUT2D eigenvalue weighted by Gasteiger charge is 2.09. The third kappa shape index (κ3) is 3.02. The van der Waals surface area contributed by atoms with Crippen molar-refractivity contribution in [1.82, 2.24) is 0 Å². The summed E-state index contributed by atoms with van der Waals surface area (Å²) in [4.78, 5) is 0. The average molecular weight is 199 g/mol. The first kappa shape index (κ1) is 10.6. The molecule has 0 aliphatic rings. The van der Waals surface area contributed by atoms with Gasteiger partial charge in [0.05, 0.1) is 6.61 Å². The molecule has 0 radical (unpaired) electrons. The van der Waals surface area contributed by atoms with Crippen LogP contribution in [0.25, 0.3) is 0 Å². The van der Waals surface area contributed by atoms with Crippen molar-refractivity contribution in [3.63, 3.8) is 0 Å². The Balaban J connectivity index is 2.78. The van der Waals surface area contributed by atoms with Gasteiger partial charge in [-0.15, -0.1) is 11.6 Å². The van der Waals surface area contributed by atoms with E-state index in [1.54, 1.807) is 7.11 Å². The number of methoxy groups -OCH3 is 1. The van der Waals surface area contributed by atoms with Crippen LogP contribution in [0.4, 0.5) is 0 Å². The van der Waals surface area contributed by atoms with E-state index in [0.29, 0.717) is 18.4 Å². The maximum Gasteiger partial charge on any atom is 0.0542 e. The summed E-state index contributed by atoms with van der Waals surface area (Å²) < 4.78 is 5.10. The van der Waals surface area contributed by atoms with Crippen LogP contribution in [0, 0.1) is 6.92 Å². The topological polar surface area (TPSA) is 9.23 Å². The molecule has 1 nitrogen and oxygen atoms in total. The molecule has 2 heteroatoms. The van der Waals surface area contributed by atoms with E-state index in [1.807, 2.05) is 0 Å². The second kappa shape index (κ2) is 5.25. The first-order valence-corrected chi connectivity index (χ1v) is 4.93. The predicted molar refractivity (Wildman–Crippen MR) is 56.5 cm³/mol. The monoisotopic (exact) mass is 198 g/mol. The zero-order valence-corrected chi connectivity index (χ0v) is 8.84. The van der Waals surface area contributed by atoms with E-state index in [0.717, 1.165) is 0 Å². The second-order valence-corrected chi connectivity index (χ2v) is 3.53. The molecule has 0 bridgehead atoms. The Morgan fingerprint density at radius 3 is 2.77 bits per heavy atom. The van der Waals surface area contributed by atoms with E-state index < -0.39 is 0 Å². The molecule has 0 aliphatic heterocycles. The molecule has 1 unspecified atom stereocenters. The highest BCUT2D eigenvalue weighted by molar-refractivity contribution is 6.18. The summed E-state index contributed by atoms with van der Waals surface area (Å²) in [6.45, 7) is 2.77. The first-order chi connectivity index (χ1) is 6.27. The molecule has 1 aromatic rings. The van der Waals surface area contributed by atoms with Crippen LogP contribution in [0.15, 0.2) is 24.3 Å². The zero-order chi connectivity index (χ0) is 9.68. The van der Waals surface area contributed by atoms with Crippen molar-refractivity contribution in [1.29, 1.82) is 0 Å². The Labute approximate surface area is 84.7 Å². The van der Waals surface area contributed by atoms with E-state index in [4.69, 9.17) is 16.3 Å². The molecule has 0 N–H and O–H groups in total. The van der Waals surface area contributed by atoms with Crippen LogP contribution in [0.1, 0.15) is 17.0 Å². The van der Waals surface area contributed by atoms with Gasteiger partial charge in [0.2, 0.25) is 0 Å². The highest BCUT2D eigenvalue weighted by Crippen LogP contribution is 2.18. The number of hydrogen-bond acceptors (Lipinski definition) is 1. The average Bonchev–Trinajstić information content (AvgIpc) is 2.14. The van der Waals surface area contributed by atoms with Crippen LogP contribution in [-0.4, -0.2) is 19.6 Å². The molecule has 0 fully saturated rings. The van der Waals surface area contributed by atoms with Crippen LogP contribution in [-0.2, 0) is 4.74 Å². The Hall–Kier alpha value is -0.530. The Morgan fingerprint density at radius 2 is 2.23 bits per heavy atom. The third-order valence-corrected chi connectivity index (χ3v) is 2.44. The minimum atomic E-state index is 0.312. The van der Waals surface area contributed by atoms with E-state index in [1.165, 1.54) is 11.1 Å². The van der Waals surface area contributed by atoms with E-state index in [9.17, 15) is 0 Å². The van der Waals surface area contributed by atoms with Gasteiger partial charge in [-0.3, -0.25) is 0 Å². The fraction of sp³-hybridized carbons (Fsp3) is 0.455. The van der Waals surface area contributed by atoms with Crippen LogP contribution < -0.4 is 0 Å². The molecule has 0 heterocycles. The summed E-state index contributed by atoms with van der Waals surface area (Å²) in [5.41, 5.74) is 2.53. The normalized spacial score (nSPS) is 12.8. The van der Waals surface area contributed by atoms with Crippen molar-refractivity contribution in [2.45, 2.75) is 12.8 Å². The molecule has 0 amide bonds. The lowest BCUT2D eigenvalue weighted by molar-refractivity contribution is 0.185. The maximum atomic E-state index is 5.85. The molecule has 72 valence electrons. The minimum absolute atomic E-state index is 0.312. The highest BCUT2D eigenvalue weighted by atomic mass is 35.5. The zero-order valence-electron chi connectivity index (χ0n) is 8.09. The summed E-state index contributed by atoms with van der Waals surface area (Å²) >= 11 is 5.85. The van der Waals surface area contributed by atoms with Gasteiger partial charge in [-0.25, -0.2) is 0 Å². The number of aryl methyl sites for hydroxylation is 1. The van der Waals surface area contributed by atoms with Gasteiger partial charge >= 0.3 is 0 Å². The molecular formula is C11H15ClO. The van der Waals surface area contributed by atoms with Crippen molar-refractivity contribution in [2.75, 3.05) is 19.6 Å². The fourth-order valence-electron chi connectivity index (χ4n) is 1.36. The van der Waals surface area contributed by atoms with Gasteiger partial charge in [-0.1, -0.05) is 29.8 Å². The Morgan fingerprint density at radius 1 is 1.46 bits per heavy atom. The van der Waals surface area contributed by atoms with E-state index in [2.05, 4.69) is 31.2 Å². The summed E-state index contributed by atoms with van der Waals surface area (Å²) in [6.07, 6.45) is 0. The lowest BCUT2D eigenvalue weighted by Gasteiger charge is -2.13. The quantitative estimate of drug-likeness (QED) is 0.676. The summed E-state index contributed by atoms with van der Waals surface area (Å²) in [5.74, 6) is 0.920. The number of benzene rings is 1. The molecule has 1 atom stereocenters. The van der Waals surface area contributed by atoms with Gasteiger partial charge < -0.3 is 4.74 Å². The molecule has 13 heavy (non-hydrogen) atoms. The van der Waals surface area contributed by atoms with Crippen LogP contribution >= 0.6 is 11.6 Å². The van der Waals surface area contributed by atoms with Gasteiger partial charge in [0.1, 0.15) is 0 Å². The standard InChI is InChI=1S/C11H15ClO/c1-9-4-3-5-10(6-9)11(7-12)8-13-2/h3-6,11H,7-8H2,1-2H3. The van der Waals surface area contributed by atoms with E-state index in [-0.39, 0.29) is 0 Å². The van der Waals surface area contributed by atoms with Crippen molar-refractivity contribution < 1.29 is 4.74 Å². The largest absolute Gasteiger partial charge is 0.384 e. The SMILES string of the molecule is COCC(CCl)c1cccc(C)c1. The Bertz CT molecular complexity index is 260. The fourth-order valence-corrected chi connectivity index (χ4v) is 1.62. The van der Waals surface area contributed by atoms with E-state index >= 15 is 0 Å². The molecule has 1 aromatic carbocycles. The minimum Gasteiger partial charge on any atom is -0.384 e. The number of halogens is 1. The summed E-state index contributed by atoms with van der Waals surface area (Å²) in [6, 6.07) is 8.40. The lowest BCUT2D eigenvalue weighted by atomic mass is 10.0. The Kier molecular flexibility index (Phi) is 4.26. The molecule has 0 aromatic heterocycles. The second-order valence-electron chi connectivity index (χ2n) is 3.22. The van der Waals surface area contributed by atoms with Crippen molar-refractivity contribution in [3.8, 4) is 0 Å².